The van der Waals surface area contributed by atoms with E-state index in [1.807, 2.05) is 18.2 Å². The first-order valence-electron chi connectivity index (χ1n) is 18.1. The zero-order valence-corrected chi connectivity index (χ0v) is 30.5. The lowest BCUT2D eigenvalue weighted by Gasteiger charge is -2.21. The van der Waals surface area contributed by atoms with E-state index < -0.39 is 35.4 Å². The number of aliphatic carboxylic acids is 1. The molecule has 48 heavy (non-hydrogen) atoms. The average Bonchev–Trinajstić information content (AvgIpc) is 3.06. The van der Waals surface area contributed by atoms with Crippen molar-refractivity contribution in [2.75, 3.05) is 19.0 Å². The number of carbonyl (C=O) groups is 3. The molecule has 0 saturated heterocycles. The normalized spacial score (nSPS) is 14.6. The number of unbranched alkanes of at least 4 members (excludes halogenated alkanes) is 11. The highest BCUT2D eigenvalue weighted by Gasteiger charge is 2.22. The number of rotatable bonds is 32. The molecule has 0 heterocycles. The van der Waals surface area contributed by atoms with Gasteiger partial charge in [-0.05, 0) is 38.5 Å². The first kappa shape index (κ1) is 45.6. The first-order chi connectivity index (χ1) is 23.2. The van der Waals surface area contributed by atoms with Crippen LogP contribution in [0.4, 0.5) is 0 Å². The van der Waals surface area contributed by atoms with E-state index >= 15 is 0 Å². The molecule has 276 valence electrons. The Bertz CT molecular complexity index is 936. The Hall–Kier alpha value is -2.40. The lowest BCUT2D eigenvalue weighted by atomic mass is 10.1. The fourth-order valence-electron chi connectivity index (χ4n) is 4.64. The van der Waals surface area contributed by atoms with Gasteiger partial charge in [0.25, 0.3) is 0 Å². The molecule has 9 nitrogen and oxygen atoms in total. The highest BCUT2D eigenvalue weighted by atomic mass is 32.2. The van der Waals surface area contributed by atoms with Crippen LogP contribution in [0.1, 0.15) is 129 Å². The van der Waals surface area contributed by atoms with Gasteiger partial charge in [0, 0.05) is 23.8 Å². The van der Waals surface area contributed by atoms with Crippen LogP contribution in [0.5, 0.6) is 0 Å². The van der Waals surface area contributed by atoms with Crippen LogP contribution in [0.15, 0.2) is 48.6 Å². The minimum atomic E-state index is -1.16. The van der Waals surface area contributed by atoms with Gasteiger partial charge in [0.2, 0.25) is 0 Å². The molecule has 0 rings (SSSR count). The summed E-state index contributed by atoms with van der Waals surface area (Å²) in [6, 6.07) is -1.01. The van der Waals surface area contributed by atoms with Gasteiger partial charge in [-0.15, -0.1) is 11.8 Å². The monoisotopic (exact) mass is 695 g/mol. The summed E-state index contributed by atoms with van der Waals surface area (Å²) in [4.78, 5) is 35.3. The van der Waals surface area contributed by atoms with Crippen LogP contribution < -0.4 is 5.73 Å². The molecule has 0 aliphatic rings. The number of carbonyl (C=O) groups excluding carboxylic acids is 2. The van der Waals surface area contributed by atoms with Gasteiger partial charge < -0.3 is 30.5 Å². The molecule has 5 N–H and O–H groups in total. The van der Waals surface area contributed by atoms with Crippen LogP contribution in [0, 0.1) is 0 Å². The molecule has 0 spiro atoms. The Kier molecular flexibility index (Phi) is 31.5. The van der Waals surface area contributed by atoms with Crippen molar-refractivity contribution in [3.63, 3.8) is 0 Å². The summed E-state index contributed by atoms with van der Waals surface area (Å²) in [6.45, 7) is 3.78. The van der Waals surface area contributed by atoms with Crippen LogP contribution in [0.2, 0.25) is 0 Å². The van der Waals surface area contributed by atoms with E-state index in [1.54, 1.807) is 12.2 Å². The zero-order valence-electron chi connectivity index (χ0n) is 29.6. The maximum Gasteiger partial charge on any atom is 0.323 e. The third-order valence-corrected chi connectivity index (χ3v) is 8.97. The Morgan fingerprint density at radius 3 is 2.04 bits per heavy atom. The summed E-state index contributed by atoms with van der Waals surface area (Å²) in [5, 5.41) is 29.3. The molecule has 0 radical (unpaired) electrons. The summed E-state index contributed by atoms with van der Waals surface area (Å²) >= 11 is 1.27. The Labute approximate surface area is 294 Å². The van der Waals surface area contributed by atoms with Crippen molar-refractivity contribution >= 4 is 29.7 Å². The molecule has 4 atom stereocenters. The van der Waals surface area contributed by atoms with E-state index in [1.165, 1.54) is 69.5 Å². The number of carboxylic acid groups (broad SMARTS) is 1. The third-order valence-electron chi connectivity index (χ3n) is 7.56. The highest BCUT2D eigenvalue weighted by molar-refractivity contribution is 8.00. The fraction of sp³-hybridized carbons (Fsp3) is 0.711. The van der Waals surface area contributed by atoms with E-state index in [0.717, 1.165) is 32.1 Å². The molecule has 0 aliphatic heterocycles. The van der Waals surface area contributed by atoms with E-state index in [0.29, 0.717) is 12.8 Å². The molecule has 0 aromatic heterocycles. The highest BCUT2D eigenvalue weighted by Crippen LogP contribution is 2.21. The number of aliphatic hydroxyl groups is 2. The quantitative estimate of drug-likeness (QED) is 0.0239. The summed E-state index contributed by atoms with van der Waals surface area (Å²) in [7, 11) is 0. The molecule has 0 bridgehead atoms. The summed E-state index contributed by atoms with van der Waals surface area (Å²) in [5.41, 5.74) is 6.03. The van der Waals surface area contributed by atoms with Crippen LogP contribution >= 0.6 is 11.8 Å². The number of carboxylic acids is 1. The van der Waals surface area contributed by atoms with Gasteiger partial charge in [-0.2, -0.15) is 0 Å². The predicted octanol–water partition coefficient (Wildman–Crippen LogP) is 7.59. The second-order valence-corrected chi connectivity index (χ2v) is 13.4. The van der Waals surface area contributed by atoms with Crippen molar-refractivity contribution in [2.24, 2.45) is 5.73 Å². The van der Waals surface area contributed by atoms with Gasteiger partial charge in [-0.3, -0.25) is 14.4 Å². The van der Waals surface area contributed by atoms with Crippen molar-refractivity contribution in [3.8, 4) is 0 Å². The summed E-state index contributed by atoms with van der Waals surface area (Å²) < 4.78 is 10.2. The molecule has 0 saturated carbocycles. The topological polar surface area (TPSA) is 156 Å². The smallest absolute Gasteiger partial charge is 0.323 e. The zero-order chi connectivity index (χ0) is 35.7. The van der Waals surface area contributed by atoms with Crippen LogP contribution in [0.3, 0.4) is 0 Å². The molecular formula is C38H65NO8S. The molecule has 0 aromatic rings. The number of nitrogens with two attached hydrogens (primary N) is 1. The van der Waals surface area contributed by atoms with E-state index in [2.05, 4.69) is 32.1 Å². The standard InChI is InChI=1S/C38H65NO8S/c1-3-5-7-9-11-13-14-15-17-18-20-22-26-35(34(41)25-24-27-36(42)43)48-31-33(39)38(45)47-30-32(40)29-46-37(44)28-23-21-19-16-12-10-8-6-4-2/h11,13,15,17-18,20,22,26,32-35,40-41H,3-10,12,14,16,19,21,23-25,27-31,39H2,1-2H3,(H,42,43)/b13-11-,17-15-,20-18+,26-22+/t32-,33-,34-,35+/m0/s1. The largest absolute Gasteiger partial charge is 0.481 e. The minimum Gasteiger partial charge on any atom is -0.481 e. The van der Waals surface area contributed by atoms with Crippen molar-refractivity contribution in [3.05, 3.63) is 48.6 Å². The number of ether oxygens (including phenoxy) is 2. The third kappa shape index (κ3) is 29.7. The second-order valence-electron chi connectivity index (χ2n) is 12.2. The molecule has 0 aliphatic carbocycles. The van der Waals surface area contributed by atoms with E-state index in [-0.39, 0.29) is 37.8 Å². The minimum absolute atomic E-state index is 0.0430. The Morgan fingerprint density at radius 1 is 0.729 bits per heavy atom. The van der Waals surface area contributed by atoms with Crippen molar-refractivity contribution < 1.29 is 39.2 Å². The summed E-state index contributed by atoms with van der Waals surface area (Å²) in [6.07, 6.45) is 30.6. The van der Waals surface area contributed by atoms with Crippen molar-refractivity contribution in [2.45, 2.75) is 153 Å². The molecule has 0 fully saturated rings. The molecule has 0 unspecified atom stereocenters. The lowest BCUT2D eigenvalue weighted by molar-refractivity contribution is -0.153. The van der Waals surface area contributed by atoms with Crippen LogP contribution in [-0.2, 0) is 23.9 Å². The Morgan fingerprint density at radius 2 is 1.35 bits per heavy atom. The van der Waals surface area contributed by atoms with Gasteiger partial charge in [-0.25, -0.2) is 0 Å². The lowest BCUT2D eigenvalue weighted by Crippen LogP contribution is -2.38. The van der Waals surface area contributed by atoms with Gasteiger partial charge in [-0.1, -0.05) is 127 Å². The average molecular weight is 696 g/mol. The summed E-state index contributed by atoms with van der Waals surface area (Å²) in [5.74, 6) is -1.88. The molecule has 0 amide bonds. The number of hydrogen-bond donors (Lipinski definition) is 4. The van der Waals surface area contributed by atoms with E-state index in [4.69, 9.17) is 20.3 Å². The SMILES string of the molecule is CCCCC/C=C\C\C=C/C=C/C=C/[C@@H](SC[C@H](N)C(=O)OC[C@@H](O)COC(=O)CCCCCCCCCCC)[C@@H](O)CCCC(=O)O. The van der Waals surface area contributed by atoms with Crippen molar-refractivity contribution in [1.82, 2.24) is 0 Å². The number of aliphatic hydroxyl groups excluding tert-OH is 2. The number of esters is 2. The predicted molar refractivity (Wildman–Crippen MR) is 197 cm³/mol. The van der Waals surface area contributed by atoms with Crippen LogP contribution in [0.25, 0.3) is 0 Å². The van der Waals surface area contributed by atoms with Gasteiger partial charge in [0.15, 0.2) is 0 Å². The first-order valence-corrected chi connectivity index (χ1v) is 19.2. The molecular weight excluding hydrogens is 630 g/mol. The van der Waals surface area contributed by atoms with Gasteiger partial charge in [0.05, 0.1) is 6.10 Å². The van der Waals surface area contributed by atoms with Crippen LogP contribution in [-0.4, -0.2) is 75.7 Å². The molecule has 0 aromatic carbocycles. The molecule has 10 heteroatoms. The Balaban J connectivity index is 4.52. The van der Waals surface area contributed by atoms with E-state index in [9.17, 15) is 24.6 Å². The van der Waals surface area contributed by atoms with Crippen molar-refractivity contribution in [1.29, 1.82) is 0 Å². The number of allylic oxidation sites excluding steroid dienone is 7. The number of thioether (sulfide) groups is 1. The second kappa shape index (κ2) is 33.1. The van der Waals surface area contributed by atoms with Gasteiger partial charge in [0.1, 0.15) is 25.4 Å². The van der Waals surface area contributed by atoms with Gasteiger partial charge >= 0.3 is 17.9 Å². The number of hydrogen-bond acceptors (Lipinski definition) is 9. The fourth-order valence-corrected chi connectivity index (χ4v) is 5.77. The maximum absolute atomic E-state index is 12.4. The maximum atomic E-state index is 12.4.